The lowest BCUT2D eigenvalue weighted by Crippen LogP contribution is -2.24. The second kappa shape index (κ2) is 8.58. The molecule has 3 N–H and O–H groups in total. The molecule has 0 fully saturated rings. The van der Waals surface area contributed by atoms with E-state index in [9.17, 15) is 4.79 Å². The summed E-state index contributed by atoms with van der Waals surface area (Å²) in [7, 11) is 0. The molecule has 0 spiro atoms. The number of nitrogens with one attached hydrogen (secondary N) is 1. The summed E-state index contributed by atoms with van der Waals surface area (Å²) in [5.41, 5.74) is 0.651. The standard InChI is InChI=1S/C16H23N5O2S/c1-4-8-14-19-20-16(21(14)17)24-11(3)15(22)18-12-9-6-7-10-13(12)23-5-2/h6-7,9-11H,4-5,8,17H2,1-3H3,(H,18,22). The predicted octanol–water partition coefficient (Wildman–Crippen LogP) is 2.46. The number of benzene rings is 1. The molecule has 130 valence electrons. The van der Waals surface area contributed by atoms with Crippen molar-refractivity contribution < 1.29 is 9.53 Å². The van der Waals surface area contributed by atoms with Gasteiger partial charge in [0.1, 0.15) is 5.75 Å². The van der Waals surface area contributed by atoms with Crippen LogP contribution < -0.4 is 15.9 Å². The number of para-hydroxylation sites is 2. The summed E-state index contributed by atoms with van der Waals surface area (Å²) in [6, 6.07) is 7.35. The number of carbonyl (C=O) groups excluding carboxylic acids is 1. The van der Waals surface area contributed by atoms with E-state index in [4.69, 9.17) is 10.6 Å². The number of thioether (sulfide) groups is 1. The van der Waals surface area contributed by atoms with Crippen LogP contribution >= 0.6 is 11.8 Å². The maximum Gasteiger partial charge on any atom is 0.237 e. The molecule has 0 aliphatic carbocycles. The third-order valence-corrected chi connectivity index (χ3v) is 4.36. The van der Waals surface area contributed by atoms with E-state index >= 15 is 0 Å². The average molecular weight is 349 g/mol. The van der Waals surface area contributed by atoms with Gasteiger partial charge in [0.2, 0.25) is 11.1 Å². The van der Waals surface area contributed by atoms with Crippen LogP contribution in [0.4, 0.5) is 5.69 Å². The Morgan fingerprint density at radius 2 is 2.12 bits per heavy atom. The van der Waals surface area contributed by atoms with Gasteiger partial charge < -0.3 is 15.9 Å². The van der Waals surface area contributed by atoms with Crippen LogP contribution in [0.3, 0.4) is 0 Å². The van der Waals surface area contributed by atoms with Gasteiger partial charge in [0.25, 0.3) is 0 Å². The van der Waals surface area contributed by atoms with Gasteiger partial charge in [-0.1, -0.05) is 30.8 Å². The second-order valence-corrected chi connectivity index (χ2v) is 6.51. The monoisotopic (exact) mass is 349 g/mol. The van der Waals surface area contributed by atoms with Crippen LogP contribution in [0.25, 0.3) is 0 Å². The van der Waals surface area contributed by atoms with E-state index in [-0.39, 0.29) is 11.2 Å². The van der Waals surface area contributed by atoms with Crippen molar-refractivity contribution in [1.29, 1.82) is 0 Å². The second-order valence-electron chi connectivity index (χ2n) is 5.20. The molecule has 7 nitrogen and oxygen atoms in total. The van der Waals surface area contributed by atoms with Gasteiger partial charge in [-0.05, 0) is 32.4 Å². The van der Waals surface area contributed by atoms with Crippen molar-refractivity contribution >= 4 is 23.4 Å². The molecule has 2 aromatic rings. The Hall–Kier alpha value is -2.22. The van der Waals surface area contributed by atoms with Gasteiger partial charge in [-0.3, -0.25) is 4.79 Å². The van der Waals surface area contributed by atoms with Gasteiger partial charge in [-0.25, -0.2) is 4.68 Å². The summed E-state index contributed by atoms with van der Waals surface area (Å²) >= 11 is 1.27. The quantitative estimate of drug-likeness (QED) is 0.561. The zero-order valence-electron chi connectivity index (χ0n) is 14.2. The minimum absolute atomic E-state index is 0.146. The fourth-order valence-corrected chi connectivity index (χ4v) is 2.87. The summed E-state index contributed by atoms with van der Waals surface area (Å²) in [5.74, 6) is 7.19. The van der Waals surface area contributed by atoms with Crippen molar-refractivity contribution in [1.82, 2.24) is 14.9 Å². The molecule has 1 unspecified atom stereocenters. The molecule has 0 bridgehead atoms. The number of nitrogens with two attached hydrogens (primary N) is 1. The third kappa shape index (κ3) is 4.41. The van der Waals surface area contributed by atoms with E-state index < -0.39 is 0 Å². The molecular weight excluding hydrogens is 326 g/mol. The molecule has 1 heterocycles. The molecule has 1 aromatic heterocycles. The highest BCUT2D eigenvalue weighted by atomic mass is 32.2. The molecule has 0 saturated heterocycles. The number of hydrogen-bond acceptors (Lipinski definition) is 6. The van der Waals surface area contributed by atoms with Gasteiger partial charge >= 0.3 is 0 Å². The molecule has 1 atom stereocenters. The summed E-state index contributed by atoms with van der Waals surface area (Å²) < 4.78 is 6.97. The molecule has 0 aliphatic rings. The third-order valence-electron chi connectivity index (χ3n) is 3.30. The first kappa shape index (κ1) is 18.1. The first-order valence-corrected chi connectivity index (χ1v) is 8.83. The fourth-order valence-electron chi connectivity index (χ4n) is 2.08. The number of hydrogen-bond donors (Lipinski definition) is 2. The number of carbonyl (C=O) groups is 1. The van der Waals surface area contributed by atoms with E-state index in [1.807, 2.05) is 38.1 Å². The maximum atomic E-state index is 12.4. The number of nitrogens with zero attached hydrogens (tertiary/aromatic N) is 3. The van der Waals surface area contributed by atoms with Crippen LogP contribution in [0.1, 0.15) is 33.0 Å². The number of ether oxygens (including phenoxy) is 1. The average Bonchev–Trinajstić information content (AvgIpc) is 2.90. The molecule has 1 amide bonds. The van der Waals surface area contributed by atoms with Crippen LogP contribution in [-0.2, 0) is 11.2 Å². The number of anilines is 1. The number of aryl methyl sites for hydroxylation is 1. The van der Waals surface area contributed by atoms with Crippen molar-refractivity contribution in [2.24, 2.45) is 0 Å². The van der Waals surface area contributed by atoms with E-state index in [1.54, 1.807) is 6.92 Å². The minimum atomic E-state index is -0.374. The Morgan fingerprint density at radius 1 is 1.38 bits per heavy atom. The molecule has 24 heavy (non-hydrogen) atoms. The molecule has 0 aliphatic heterocycles. The lowest BCUT2D eigenvalue weighted by molar-refractivity contribution is -0.115. The van der Waals surface area contributed by atoms with E-state index in [0.29, 0.717) is 29.0 Å². The van der Waals surface area contributed by atoms with Gasteiger partial charge in [0, 0.05) is 6.42 Å². The van der Waals surface area contributed by atoms with Gasteiger partial charge in [-0.15, -0.1) is 10.2 Å². The fraction of sp³-hybridized carbons (Fsp3) is 0.438. The molecule has 0 saturated carbocycles. The first-order chi connectivity index (χ1) is 11.6. The Morgan fingerprint density at radius 3 is 2.83 bits per heavy atom. The van der Waals surface area contributed by atoms with Gasteiger partial charge in [0.15, 0.2) is 5.82 Å². The highest BCUT2D eigenvalue weighted by Gasteiger charge is 2.20. The largest absolute Gasteiger partial charge is 0.492 e. The number of nitrogen functional groups attached to an aromatic ring is 1. The first-order valence-electron chi connectivity index (χ1n) is 7.95. The highest BCUT2D eigenvalue weighted by Crippen LogP contribution is 2.26. The number of aromatic nitrogens is 3. The van der Waals surface area contributed by atoms with E-state index in [2.05, 4.69) is 15.5 Å². The summed E-state index contributed by atoms with van der Waals surface area (Å²) in [6.07, 6.45) is 1.69. The van der Waals surface area contributed by atoms with Gasteiger partial charge in [0.05, 0.1) is 17.5 Å². The van der Waals surface area contributed by atoms with Crippen LogP contribution in [0.5, 0.6) is 5.75 Å². The van der Waals surface area contributed by atoms with Crippen molar-refractivity contribution in [2.45, 2.75) is 44.0 Å². The van der Waals surface area contributed by atoms with Gasteiger partial charge in [-0.2, -0.15) is 0 Å². The summed E-state index contributed by atoms with van der Waals surface area (Å²) in [4.78, 5) is 12.4. The molecule has 1 aromatic carbocycles. The molecule has 0 radical (unpaired) electrons. The molecule has 8 heteroatoms. The Bertz CT molecular complexity index is 689. The van der Waals surface area contributed by atoms with Crippen LogP contribution in [0.2, 0.25) is 0 Å². The zero-order valence-corrected chi connectivity index (χ0v) is 15.0. The Balaban J connectivity index is 2.02. The summed E-state index contributed by atoms with van der Waals surface area (Å²) in [5, 5.41) is 11.1. The van der Waals surface area contributed by atoms with Crippen LogP contribution in [0, 0.1) is 0 Å². The smallest absolute Gasteiger partial charge is 0.237 e. The Labute approximate surface area is 145 Å². The highest BCUT2D eigenvalue weighted by molar-refractivity contribution is 8.00. The van der Waals surface area contributed by atoms with E-state index in [1.165, 1.54) is 16.4 Å². The molecular formula is C16H23N5O2S. The van der Waals surface area contributed by atoms with Crippen molar-refractivity contribution in [3.05, 3.63) is 30.1 Å². The van der Waals surface area contributed by atoms with E-state index in [0.717, 1.165) is 12.8 Å². The van der Waals surface area contributed by atoms with Crippen LogP contribution in [0.15, 0.2) is 29.4 Å². The maximum absolute atomic E-state index is 12.4. The van der Waals surface area contributed by atoms with Crippen molar-refractivity contribution in [3.63, 3.8) is 0 Å². The normalized spacial score (nSPS) is 12.0. The minimum Gasteiger partial charge on any atom is -0.492 e. The number of amides is 1. The number of rotatable bonds is 8. The summed E-state index contributed by atoms with van der Waals surface area (Å²) in [6.45, 7) is 6.29. The lowest BCUT2D eigenvalue weighted by atomic mass is 10.3. The topological polar surface area (TPSA) is 95.1 Å². The van der Waals surface area contributed by atoms with Crippen molar-refractivity contribution in [2.75, 3.05) is 17.8 Å². The lowest BCUT2D eigenvalue weighted by Gasteiger charge is -2.14. The van der Waals surface area contributed by atoms with Crippen molar-refractivity contribution in [3.8, 4) is 5.75 Å². The molecule has 2 rings (SSSR count). The predicted molar refractivity (Wildman–Crippen MR) is 95.7 cm³/mol. The Kier molecular flexibility index (Phi) is 6.48. The van der Waals surface area contributed by atoms with Crippen LogP contribution in [-0.4, -0.2) is 32.6 Å². The SMILES string of the molecule is CCCc1nnc(SC(C)C(=O)Nc2ccccc2OCC)n1N. The zero-order chi connectivity index (χ0) is 17.5.